The summed E-state index contributed by atoms with van der Waals surface area (Å²) in [6, 6.07) is 2.07. The molecule has 0 aliphatic heterocycles. The van der Waals surface area contributed by atoms with Gasteiger partial charge in [0.25, 0.3) is 0 Å². The lowest BCUT2D eigenvalue weighted by Crippen LogP contribution is -2.40. The predicted octanol–water partition coefficient (Wildman–Crippen LogP) is 1.51. The zero-order valence-electron chi connectivity index (χ0n) is 12.7. The normalized spacial score (nSPS) is 26.9. The minimum absolute atomic E-state index is 0.137. The molecule has 2 N–H and O–H groups in total. The van der Waals surface area contributed by atoms with Crippen molar-refractivity contribution in [2.24, 2.45) is 11.8 Å². The third-order valence-electron chi connectivity index (χ3n) is 4.31. The van der Waals surface area contributed by atoms with Crippen LogP contribution in [0, 0.1) is 11.8 Å². The van der Waals surface area contributed by atoms with Gasteiger partial charge in [-0.2, -0.15) is 0 Å². The molecule has 1 aromatic heterocycles. The van der Waals surface area contributed by atoms with E-state index in [9.17, 15) is 8.42 Å². The number of nitrogens with one attached hydrogen (secondary N) is 2. The molecule has 0 amide bonds. The molecule has 6 nitrogen and oxygen atoms in total. The van der Waals surface area contributed by atoms with E-state index in [2.05, 4.69) is 33.6 Å². The highest BCUT2D eigenvalue weighted by atomic mass is 32.2. The largest absolute Gasteiger partial charge is 0.364 e. The average Bonchev–Trinajstić information content (AvgIpc) is 2.91. The molecular weight excluding hydrogens is 290 g/mol. The van der Waals surface area contributed by atoms with Gasteiger partial charge < -0.3 is 9.84 Å². The second-order valence-electron chi connectivity index (χ2n) is 6.06. The quantitative estimate of drug-likeness (QED) is 0.745. The molecule has 1 fully saturated rings. The molecule has 3 atom stereocenters. The summed E-state index contributed by atoms with van der Waals surface area (Å²) < 4.78 is 30.9. The van der Waals surface area contributed by atoms with Crippen molar-refractivity contribution in [2.45, 2.75) is 44.9 Å². The fourth-order valence-electron chi connectivity index (χ4n) is 2.77. The van der Waals surface area contributed by atoms with Gasteiger partial charge >= 0.3 is 0 Å². The lowest BCUT2D eigenvalue weighted by molar-refractivity contribution is 0.227. The smallest absolute Gasteiger partial charge is 0.217 e. The molecule has 1 saturated carbocycles. The van der Waals surface area contributed by atoms with Gasteiger partial charge in [-0.1, -0.05) is 19.0 Å². The topological polar surface area (TPSA) is 84.2 Å². The summed E-state index contributed by atoms with van der Waals surface area (Å²) >= 11 is 0. The second kappa shape index (κ2) is 7.38. The SMILES string of the molecule is C[C@@H]1CC[C@@H](NCCNS(=O)(=O)Cc2ccon2)C[C@H]1C. The van der Waals surface area contributed by atoms with Crippen LogP contribution in [0.1, 0.15) is 38.8 Å². The van der Waals surface area contributed by atoms with E-state index in [1.165, 1.54) is 25.5 Å². The molecule has 120 valence electrons. The van der Waals surface area contributed by atoms with E-state index in [4.69, 9.17) is 0 Å². The van der Waals surface area contributed by atoms with Crippen molar-refractivity contribution in [3.8, 4) is 0 Å². The van der Waals surface area contributed by atoms with Gasteiger partial charge in [-0.25, -0.2) is 13.1 Å². The van der Waals surface area contributed by atoms with Gasteiger partial charge in [0.2, 0.25) is 10.0 Å². The molecule has 0 spiro atoms. The van der Waals surface area contributed by atoms with Crippen LogP contribution in [0.3, 0.4) is 0 Å². The van der Waals surface area contributed by atoms with Crippen LogP contribution in [0.25, 0.3) is 0 Å². The minimum atomic E-state index is -3.34. The summed E-state index contributed by atoms with van der Waals surface area (Å²) in [4.78, 5) is 0. The molecule has 0 aromatic carbocycles. The molecule has 0 bridgehead atoms. The van der Waals surface area contributed by atoms with Gasteiger partial charge in [0.1, 0.15) is 12.0 Å². The van der Waals surface area contributed by atoms with Crippen LogP contribution < -0.4 is 10.0 Å². The molecule has 7 heteroatoms. The van der Waals surface area contributed by atoms with Crippen LogP contribution >= 0.6 is 0 Å². The maximum absolute atomic E-state index is 11.8. The van der Waals surface area contributed by atoms with E-state index < -0.39 is 10.0 Å². The summed E-state index contributed by atoms with van der Waals surface area (Å²) in [6.45, 7) is 5.66. The Labute approximate surface area is 126 Å². The maximum atomic E-state index is 11.8. The van der Waals surface area contributed by atoms with Gasteiger partial charge in [0, 0.05) is 25.2 Å². The van der Waals surface area contributed by atoms with E-state index in [0.29, 0.717) is 24.8 Å². The number of nitrogens with zero attached hydrogens (tertiary/aromatic N) is 1. The molecule has 0 saturated heterocycles. The molecule has 21 heavy (non-hydrogen) atoms. The van der Waals surface area contributed by atoms with Crippen molar-refractivity contribution in [2.75, 3.05) is 13.1 Å². The summed E-state index contributed by atoms with van der Waals surface area (Å²) in [5, 5.41) is 7.05. The first kappa shape index (κ1) is 16.5. The van der Waals surface area contributed by atoms with Crippen molar-refractivity contribution in [3.63, 3.8) is 0 Å². The Morgan fingerprint density at radius 1 is 1.29 bits per heavy atom. The Bertz CT molecular complexity index is 516. The second-order valence-corrected chi connectivity index (χ2v) is 7.87. The van der Waals surface area contributed by atoms with Gasteiger partial charge in [0.15, 0.2) is 0 Å². The fraction of sp³-hybridized carbons (Fsp3) is 0.786. The van der Waals surface area contributed by atoms with Gasteiger partial charge in [-0.15, -0.1) is 0 Å². The summed E-state index contributed by atoms with van der Waals surface area (Å²) in [5.41, 5.74) is 0.422. The van der Waals surface area contributed by atoms with Crippen LogP contribution in [0.4, 0.5) is 0 Å². The van der Waals surface area contributed by atoms with Crippen LogP contribution in [0.2, 0.25) is 0 Å². The number of rotatable bonds is 7. The predicted molar refractivity (Wildman–Crippen MR) is 81.1 cm³/mol. The summed E-state index contributed by atoms with van der Waals surface area (Å²) in [6.07, 6.45) is 4.97. The lowest BCUT2D eigenvalue weighted by Gasteiger charge is -2.32. The molecule has 1 heterocycles. The first-order chi connectivity index (χ1) is 9.96. The molecule has 1 aromatic rings. The molecule has 0 radical (unpaired) electrons. The molecular formula is C14H25N3O3S. The van der Waals surface area contributed by atoms with E-state index in [1.807, 2.05) is 0 Å². The molecule has 0 unspecified atom stereocenters. The highest BCUT2D eigenvalue weighted by molar-refractivity contribution is 7.88. The van der Waals surface area contributed by atoms with Crippen molar-refractivity contribution in [3.05, 3.63) is 18.0 Å². The Balaban J connectivity index is 1.65. The Hall–Kier alpha value is -0.920. The van der Waals surface area contributed by atoms with Gasteiger partial charge in [0.05, 0.1) is 5.69 Å². The monoisotopic (exact) mass is 315 g/mol. The van der Waals surface area contributed by atoms with Crippen LogP contribution in [0.15, 0.2) is 16.9 Å². The Morgan fingerprint density at radius 3 is 2.76 bits per heavy atom. The zero-order chi connectivity index (χ0) is 15.3. The average molecular weight is 315 g/mol. The number of sulfonamides is 1. The van der Waals surface area contributed by atoms with Crippen LogP contribution in [0.5, 0.6) is 0 Å². The molecule has 1 aliphatic carbocycles. The van der Waals surface area contributed by atoms with Crippen molar-refractivity contribution >= 4 is 10.0 Å². The van der Waals surface area contributed by atoms with E-state index in [0.717, 1.165) is 11.8 Å². The highest BCUT2D eigenvalue weighted by Crippen LogP contribution is 2.29. The Morgan fingerprint density at radius 2 is 2.10 bits per heavy atom. The zero-order valence-corrected chi connectivity index (χ0v) is 13.5. The molecule has 1 aliphatic rings. The van der Waals surface area contributed by atoms with Crippen molar-refractivity contribution in [1.29, 1.82) is 0 Å². The fourth-order valence-corrected chi connectivity index (χ4v) is 3.83. The number of hydrogen-bond donors (Lipinski definition) is 2. The highest BCUT2D eigenvalue weighted by Gasteiger charge is 2.23. The summed E-state index contributed by atoms with van der Waals surface area (Å²) in [7, 11) is -3.34. The molecule has 2 rings (SSSR count). The standard InChI is InChI=1S/C14H25N3O3S/c1-11-3-4-13(9-12(11)2)15-6-7-16-21(18,19)10-14-5-8-20-17-14/h5,8,11-13,15-16H,3-4,6-7,9-10H2,1-2H3/t11-,12-,13-/m1/s1. The first-order valence-corrected chi connectivity index (χ1v) is 9.21. The summed E-state index contributed by atoms with van der Waals surface area (Å²) in [5.74, 6) is 1.39. The third kappa shape index (κ3) is 5.41. The van der Waals surface area contributed by atoms with Crippen LogP contribution in [-0.4, -0.2) is 32.7 Å². The third-order valence-corrected chi connectivity index (χ3v) is 5.63. The van der Waals surface area contributed by atoms with Crippen molar-refractivity contribution < 1.29 is 12.9 Å². The minimum Gasteiger partial charge on any atom is -0.364 e. The Kier molecular flexibility index (Phi) is 5.78. The van der Waals surface area contributed by atoms with Crippen LogP contribution in [-0.2, 0) is 15.8 Å². The lowest BCUT2D eigenvalue weighted by atomic mass is 9.79. The van der Waals surface area contributed by atoms with Crippen molar-refractivity contribution in [1.82, 2.24) is 15.2 Å². The van der Waals surface area contributed by atoms with Gasteiger partial charge in [-0.3, -0.25) is 0 Å². The van der Waals surface area contributed by atoms with Gasteiger partial charge in [-0.05, 0) is 31.1 Å². The number of hydrogen-bond acceptors (Lipinski definition) is 5. The van der Waals surface area contributed by atoms with E-state index >= 15 is 0 Å². The number of aromatic nitrogens is 1. The van der Waals surface area contributed by atoms with E-state index in [-0.39, 0.29) is 5.75 Å². The maximum Gasteiger partial charge on any atom is 0.217 e. The first-order valence-electron chi connectivity index (χ1n) is 7.56. The van der Waals surface area contributed by atoms with E-state index in [1.54, 1.807) is 6.07 Å².